The van der Waals surface area contributed by atoms with Crippen molar-refractivity contribution >= 4 is 27.3 Å². The quantitative estimate of drug-likeness (QED) is 0.857. The van der Waals surface area contributed by atoms with Gasteiger partial charge in [0.1, 0.15) is 15.9 Å². The molecule has 0 N–H and O–H groups in total. The van der Waals surface area contributed by atoms with E-state index in [4.69, 9.17) is 0 Å². The molecular weight excluding hydrogens is 320 g/mol. The standard InChI is InChI=1S/C18H22N4OS/c1-2-21-10-6-9-14(21)11-22-12-19-16-15(13-7-4-3-5-8-13)20-24-17(16)18(22)23/h3-4,7,12,14H,2,5-6,8-11H2,1H3. The minimum atomic E-state index is 0.0543. The van der Waals surface area contributed by atoms with Crippen LogP contribution in [0.15, 0.2) is 29.3 Å². The van der Waals surface area contributed by atoms with Gasteiger partial charge in [-0.15, -0.1) is 0 Å². The summed E-state index contributed by atoms with van der Waals surface area (Å²) in [5, 5.41) is 0. The molecule has 6 heteroatoms. The second kappa shape index (κ2) is 6.61. The van der Waals surface area contributed by atoms with Crippen LogP contribution in [0.3, 0.4) is 0 Å². The molecular formula is C18H22N4OS. The molecule has 0 radical (unpaired) electrons. The zero-order valence-corrected chi connectivity index (χ0v) is 14.8. The Labute approximate surface area is 145 Å². The molecule has 2 aliphatic rings. The molecule has 0 amide bonds. The number of fused-ring (bicyclic) bond motifs is 1. The summed E-state index contributed by atoms with van der Waals surface area (Å²) in [7, 11) is 0. The number of hydrogen-bond acceptors (Lipinski definition) is 5. The molecule has 0 aromatic carbocycles. The van der Waals surface area contributed by atoms with Gasteiger partial charge in [-0.2, -0.15) is 4.37 Å². The molecule has 1 fully saturated rings. The number of likely N-dealkylation sites (N-methyl/N-ethyl adjacent to an activating group) is 1. The van der Waals surface area contributed by atoms with Crippen LogP contribution in [0, 0.1) is 0 Å². The van der Waals surface area contributed by atoms with Crippen molar-refractivity contribution in [1.82, 2.24) is 18.8 Å². The lowest BCUT2D eigenvalue weighted by molar-refractivity contribution is 0.242. The fourth-order valence-electron chi connectivity index (χ4n) is 3.74. The van der Waals surface area contributed by atoms with Crippen molar-refractivity contribution in [2.45, 2.75) is 45.2 Å². The summed E-state index contributed by atoms with van der Waals surface area (Å²) < 4.78 is 7.00. The minimum absolute atomic E-state index is 0.0543. The fourth-order valence-corrected chi connectivity index (χ4v) is 4.56. The smallest absolute Gasteiger partial charge is 0.272 e. The van der Waals surface area contributed by atoms with Gasteiger partial charge in [-0.3, -0.25) is 14.3 Å². The van der Waals surface area contributed by atoms with Crippen LogP contribution < -0.4 is 5.56 Å². The molecule has 3 heterocycles. The first-order valence-corrected chi connectivity index (χ1v) is 9.50. The molecule has 2 aromatic rings. The van der Waals surface area contributed by atoms with Gasteiger partial charge in [0, 0.05) is 12.6 Å². The Morgan fingerprint density at radius 1 is 1.42 bits per heavy atom. The number of rotatable bonds is 4. The molecule has 1 saturated heterocycles. The maximum absolute atomic E-state index is 12.8. The topological polar surface area (TPSA) is 51.0 Å². The number of allylic oxidation sites excluding steroid dienone is 4. The molecule has 1 unspecified atom stereocenters. The van der Waals surface area contributed by atoms with Gasteiger partial charge in [0.25, 0.3) is 5.56 Å². The molecule has 1 atom stereocenters. The predicted molar refractivity (Wildman–Crippen MR) is 98.3 cm³/mol. The summed E-state index contributed by atoms with van der Waals surface area (Å²) in [5.41, 5.74) is 2.89. The monoisotopic (exact) mass is 342 g/mol. The van der Waals surface area contributed by atoms with Gasteiger partial charge in [0.2, 0.25) is 0 Å². The highest BCUT2D eigenvalue weighted by Crippen LogP contribution is 2.29. The minimum Gasteiger partial charge on any atom is -0.299 e. The molecule has 24 heavy (non-hydrogen) atoms. The number of aromatic nitrogens is 3. The van der Waals surface area contributed by atoms with Crippen molar-refractivity contribution in [3.05, 3.63) is 40.6 Å². The van der Waals surface area contributed by atoms with E-state index in [9.17, 15) is 4.79 Å². The molecule has 126 valence electrons. The molecule has 0 spiro atoms. The fraction of sp³-hybridized carbons (Fsp3) is 0.500. The molecule has 5 nitrogen and oxygen atoms in total. The Morgan fingerprint density at radius 3 is 3.12 bits per heavy atom. The summed E-state index contributed by atoms with van der Waals surface area (Å²) in [4.78, 5) is 19.9. The third-order valence-corrected chi connectivity index (χ3v) is 5.90. The maximum atomic E-state index is 12.8. The summed E-state index contributed by atoms with van der Waals surface area (Å²) in [5.74, 6) is 0. The number of hydrogen-bond donors (Lipinski definition) is 0. The Hall–Kier alpha value is -1.79. The van der Waals surface area contributed by atoms with E-state index in [1.165, 1.54) is 23.5 Å². The Balaban J connectivity index is 1.68. The lowest BCUT2D eigenvalue weighted by Crippen LogP contribution is -2.35. The van der Waals surface area contributed by atoms with E-state index < -0.39 is 0 Å². The first kappa shape index (κ1) is 15.7. The van der Waals surface area contributed by atoms with Crippen LogP contribution in [-0.2, 0) is 6.54 Å². The second-order valence-corrected chi connectivity index (χ2v) is 7.27. The van der Waals surface area contributed by atoms with Gasteiger partial charge < -0.3 is 0 Å². The zero-order chi connectivity index (χ0) is 16.5. The van der Waals surface area contributed by atoms with E-state index in [0.29, 0.717) is 10.7 Å². The van der Waals surface area contributed by atoms with E-state index in [1.807, 2.05) is 0 Å². The van der Waals surface area contributed by atoms with Crippen LogP contribution in [0.1, 0.15) is 38.3 Å². The second-order valence-electron chi connectivity index (χ2n) is 6.49. The van der Waals surface area contributed by atoms with Crippen LogP contribution in [0.4, 0.5) is 0 Å². The highest BCUT2D eigenvalue weighted by molar-refractivity contribution is 7.13. The van der Waals surface area contributed by atoms with Crippen molar-refractivity contribution in [3.8, 4) is 0 Å². The summed E-state index contributed by atoms with van der Waals surface area (Å²) in [6, 6.07) is 0.450. The van der Waals surface area contributed by atoms with E-state index in [0.717, 1.165) is 50.1 Å². The van der Waals surface area contributed by atoms with E-state index >= 15 is 0 Å². The SMILES string of the molecule is CCN1CCCC1Cn1cnc2c(C3=CC=CCC3)nsc2c1=O. The molecule has 1 aliphatic heterocycles. The van der Waals surface area contributed by atoms with Crippen LogP contribution in [-0.4, -0.2) is 38.0 Å². The van der Waals surface area contributed by atoms with Crippen molar-refractivity contribution in [1.29, 1.82) is 0 Å². The first-order valence-electron chi connectivity index (χ1n) is 8.73. The third-order valence-electron chi connectivity index (χ3n) is 5.08. The van der Waals surface area contributed by atoms with Gasteiger partial charge in [0.05, 0.1) is 6.33 Å². The highest BCUT2D eigenvalue weighted by Gasteiger charge is 2.24. The van der Waals surface area contributed by atoms with Crippen LogP contribution in [0.2, 0.25) is 0 Å². The Bertz CT molecular complexity index is 864. The van der Waals surface area contributed by atoms with Crippen molar-refractivity contribution < 1.29 is 0 Å². The normalized spacial score (nSPS) is 21.5. The third kappa shape index (κ3) is 2.74. The molecule has 0 bridgehead atoms. The summed E-state index contributed by atoms with van der Waals surface area (Å²) >= 11 is 1.29. The van der Waals surface area contributed by atoms with E-state index in [2.05, 4.69) is 39.4 Å². The molecule has 2 aromatic heterocycles. The largest absolute Gasteiger partial charge is 0.299 e. The highest BCUT2D eigenvalue weighted by atomic mass is 32.1. The van der Waals surface area contributed by atoms with Gasteiger partial charge in [-0.05, 0) is 55.9 Å². The van der Waals surface area contributed by atoms with Crippen LogP contribution in [0.5, 0.6) is 0 Å². The summed E-state index contributed by atoms with van der Waals surface area (Å²) in [6.45, 7) is 5.10. The summed E-state index contributed by atoms with van der Waals surface area (Å²) in [6.07, 6.45) is 12.4. The van der Waals surface area contributed by atoms with Gasteiger partial charge >= 0.3 is 0 Å². The van der Waals surface area contributed by atoms with E-state index in [1.54, 1.807) is 10.9 Å². The molecule has 1 aliphatic carbocycles. The van der Waals surface area contributed by atoms with Crippen LogP contribution in [0.25, 0.3) is 15.8 Å². The van der Waals surface area contributed by atoms with Gasteiger partial charge in [-0.25, -0.2) is 4.98 Å². The van der Waals surface area contributed by atoms with Gasteiger partial charge in [-0.1, -0.05) is 25.2 Å². The maximum Gasteiger partial charge on any atom is 0.272 e. The Kier molecular flexibility index (Phi) is 4.33. The van der Waals surface area contributed by atoms with Crippen LogP contribution >= 0.6 is 11.5 Å². The van der Waals surface area contributed by atoms with E-state index in [-0.39, 0.29) is 5.56 Å². The molecule has 4 rings (SSSR count). The van der Waals surface area contributed by atoms with Gasteiger partial charge in [0.15, 0.2) is 0 Å². The van der Waals surface area contributed by atoms with Crippen molar-refractivity contribution in [2.75, 3.05) is 13.1 Å². The first-order chi connectivity index (χ1) is 11.8. The predicted octanol–water partition coefficient (Wildman–Crippen LogP) is 3.07. The number of likely N-dealkylation sites (tertiary alicyclic amines) is 1. The van der Waals surface area contributed by atoms with Crippen molar-refractivity contribution in [2.24, 2.45) is 0 Å². The Morgan fingerprint density at radius 2 is 2.33 bits per heavy atom. The average Bonchev–Trinajstić information content (AvgIpc) is 3.25. The van der Waals surface area contributed by atoms with Crippen molar-refractivity contribution in [3.63, 3.8) is 0 Å². The zero-order valence-electron chi connectivity index (χ0n) is 13.9. The average molecular weight is 342 g/mol. The number of nitrogens with zero attached hydrogens (tertiary/aromatic N) is 4. The molecule has 0 saturated carbocycles. The lowest BCUT2D eigenvalue weighted by atomic mass is 10.0. The lowest BCUT2D eigenvalue weighted by Gasteiger charge is -2.23.